The van der Waals surface area contributed by atoms with Gasteiger partial charge in [-0.05, 0) is 31.2 Å². The molecule has 4 aromatic rings. The molecule has 0 aliphatic heterocycles. The molecule has 1 aromatic carbocycles. The molecule has 136 valence electrons. The Kier molecular flexibility index (Phi) is 4.79. The van der Waals surface area contributed by atoms with E-state index in [-0.39, 0.29) is 16.8 Å². The average molecular weight is 399 g/mol. The first-order valence-electron chi connectivity index (χ1n) is 8.29. The van der Waals surface area contributed by atoms with Gasteiger partial charge in [-0.3, -0.25) is 14.5 Å². The highest BCUT2D eigenvalue weighted by Gasteiger charge is 2.19. The van der Waals surface area contributed by atoms with Crippen LogP contribution < -0.4 is 10.1 Å². The first-order chi connectivity index (χ1) is 13.2. The molecule has 0 aliphatic carbocycles. The third-order valence-corrected chi connectivity index (χ3v) is 4.91. The Morgan fingerprint density at radius 2 is 2.04 bits per heavy atom. The molecule has 0 bridgehead atoms. The number of imidazole rings is 1. The number of carbonyl (C=O) groups excluding carboxylic acids is 1. The quantitative estimate of drug-likeness (QED) is 0.526. The fourth-order valence-corrected chi connectivity index (χ4v) is 3.71. The molecular formula is C19H15ClN4O2S. The van der Waals surface area contributed by atoms with E-state index in [0.717, 1.165) is 17.0 Å². The third kappa shape index (κ3) is 3.39. The van der Waals surface area contributed by atoms with E-state index in [9.17, 15) is 4.79 Å². The van der Waals surface area contributed by atoms with Gasteiger partial charge in [0.05, 0.1) is 12.3 Å². The van der Waals surface area contributed by atoms with Gasteiger partial charge in [0, 0.05) is 17.1 Å². The van der Waals surface area contributed by atoms with E-state index in [4.69, 9.17) is 16.3 Å². The van der Waals surface area contributed by atoms with E-state index in [1.165, 1.54) is 11.3 Å². The number of nitrogens with one attached hydrogen (secondary N) is 1. The van der Waals surface area contributed by atoms with Gasteiger partial charge < -0.3 is 4.74 Å². The monoisotopic (exact) mass is 398 g/mol. The summed E-state index contributed by atoms with van der Waals surface area (Å²) in [6.45, 7) is 2.50. The van der Waals surface area contributed by atoms with Gasteiger partial charge in [0.15, 0.2) is 16.0 Å². The summed E-state index contributed by atoms with van der Waals surface area (Å²) < 4.78 is 7.30. The van der Waals surface area contributed by atoms with E-state index in [0.29, 0.717) is 17.4 Å². The molecule has 0 aliphatic rings. The minimum atomic E-state index is -0.363. The Balaban J connectivity index is 1.61. The van der Waals surface area contributed by atoms with Crippen LogP contribution in [0.5, 0.6) is 5.75 Å². The van der Waals surface area contributed by atoms with Crippen LogP contribution in [0.4, 0.5) is 5.13 Å². The number of benzene rings is 1. The number of hydrogen-bond donors (Lipinski definition) is 1. The van der Waals surface area contributed by atoms with Gasteiger partial charge in [0.25, 0.3) is 5.91 Å². The Morgan fingerprint density at radius 3 is 2.89 bits per heavy atom. The molecule has 0 saturated carbocycles. The Labute approximate surface area is 164 Å². The van der Waals surface area contributed by atoms with E-state index < -0.39 is 0 Å². The lowest BCUT2D eigenvalue weighted by Gasteiger charge is -2.07. The predicted molar refractivity (Wildman–Crippen MR) is 107 cm³/mol. The van der Waals surface area contributed by atoms with Crippen molar-refractivity contribution in [3.63, 3.8) is 0 Å². The molecule has 1 amide bonds. The second kappa shape index (κ2) is 7.38. The summed E-state index contributed by atoms with van der Waals surface area (Å²) in [6, 6.07) is 13.1. The van der Waals surface area contributed by atoms with Crippen molar-refractivity contribution in [3.8, 4) is 17.0 Å². The number of aromatic nitrogens is 3. The maximum absolute atomic E-state index is 12.7. The van der Waals surface area contributed by atoms with Crippen molar-refractivity contribution in [3.05, 3.63) is 64.9 Å². The van der Waals surface area contributed by atoms with Gasteiger partial charge in [-0.1, -0.05) is 29.8 Å². The standard InChI is InChI=1S/C19H15ClN4O2S/c1-2-26-14-8-4-3-7-12(14)13-11-27-19(21-13)23-18(25)16-17(20)22-15-9-5-6-10-24(15)16/h3-11H,2H2,1H3,(H,21,23,25). The Hall–Kier alpha value is -2.90. The average Bonchev–Trinajstić information content (AvgIpc) is 3.25. The van der Waals surface area contributed by atoms with Crippen molar-refractivity contribution in [2.75, 3.05) is 11.9 Å². The van der Waals surface area contributed by atoms with Gasteiger partial charge in [0.1, 0.15) is 11.4 Å². The van der Waals surface area contributed by atoms with Crippen LogP contribution in [-0.4, -0.2) is 26.9 Å². The molecule has 0 radical (unpaired) electrons. The van der Waals surface area contributed by atoms with Gasteiger partial charge in [-0.15, -0.1) is 11.3 Å². The second-order valence-corrected chi connectivity index (χ2v) is 6.82. The number of para-hydroxylation sites is 1. The third-order valence-electron chi connectivity index (χ3n) is 3.89. The maximum atomic E-state index is 12.7. The van der Waals surface area contributed by atoms with Crippen LogP contribution in [-0.2, 0) is 0 Å². The van der Waals surface area contributed by atoms with E-state index in [1.807, 2.05) is 48.7 Å². The molecule has 0 unspecified atom stereocenters. The Bertz CT molecular complexity index is 1120. The van der Waals surface area contributed by atoms with Crippen LogP contribution in [0.2, 0.25) is 5.15 Å². The first kappa shape index (κ1) is 17.5. The molecule has 0 fully saturated rings. The number of rotatable bonds is 5. The maximum Gasteiger partial charge on any atom is 0.277 e. The number of thiazole rings is 1. The summed E-state index contributed by atoms with van der Waals surface area (Å²) in [4.78, 5) is 21.4. The number of fused-ring (bicyclic) bond motifs is 1. The lowest BCUT2D eigenvalue weighted by atomic mass is 10.1. The summed E-state index contributed by atoms with van der Waals surface area (Å²) in [5, 5.41) is 5.31. The summed E-state index contributed by atoms with van der Waals surface area (Å²) >= 11 is 7.50. The normalized spacial score (nSPS) is 10.9. The molecule has 4 rings (SSSR count). The molecule has 0 saturated heterocycles. The molecule has 0 atom stereocenters. The largest absolute Gasteiger partial charge is 0.493 e. The van der Waals surface area contributed by atoms with Gasteiger partial charge in [0.2, 0.25) is 0 Å². The van der Waals surface area contributed by atoms with E-state index >= 15 is 0 Å². The highest BCUT2D eigenvalue weighted by molar-refractivity contribution is 7.14. The number of anilines is 1. The van der Waals surface area contributed by atoms with Gasteiger partial charge in [-0.2, -0.15) is 0 Å². The topological polar surface area (TPSA) is 68.5 Å². The molecule has 27 heavy (non-hydrogen) atoms. The number of halogens is 1. The zero-order valence-corrected chi connectivity index (χ0v) is 15.9. The van der Waals surface area contributed by atoms with Crippen LogP contribution in [0.15, 0.2) is 54.0 Å². The number of carbonyl (C=O) groups is 1. The van der Waals surface area contributed by atoms with Crippen molar-refractivity contribution >= 4 is 39.6 Å². The van der Waals surface area contributed by atoms with Crippen molar-refractivity contribution < 1.29 is 9.53 Å². The summed E-state index contributed by atoms with van der Waals surface area (Å²) in [5.74, 6) is 0.394. The molecule has 3 aromatic heterocycles. The van der Waals surface area contributed by atoms with Crippen molar-refractivity contribution in [1.29, 1.82) is 0 Å². The summed E-state index contributed by atoms with van der Waals surface area (Å²) in [7, 11) is 0. The number of hydrogen-bond acceptors (Lipinski definition) is 5. The van der Waals surface area contributed by atoms with Crippen LogP contribution >= 0.6 is 22.9 Å². The van der Waals surface area contributed by atoms with Crippen LogP contribution in [0.25, 0.3) is 16.9 Å². The number of pyridine rings is 1. The number of amides is 1. The fourth-order valence-electron chi connectivity index (χ4n) is 2.74. The van der Waals surface area contributed by atoms with Crippen molar-refractivity contribution in [2.45, 2.75) is 6.92 Å². The minimum absolute atomic E-state index is 0.150. The Morgan fingerprint density at radius 1 is 1.22 bits per heavy atom. The van der Waals surface area contributed by atoms with E-state index in [1.54, 1.807) is 16.7 Å². The first-order valence-corrected chi connectivity index (χ1v) is 9.54. The zero-order chi connectivity index (χ0) is 18.8. The molecule has 6 nitrogen and oxygen atoms in total. The summed E-state index contributed by atoms with van der Waals surface area (Å²) in [5.41, 5.74) is 2.50. The predicted octanol–water partition coefficient (Wildman–Crippen LogP) is 4.76. The number of nitrogens with zero attached hydrogens (tertiary/aromatic N) is 3. The highest BCUT2D eigenvalue weighted by Crippen LogP contribution is 2.32. The molecule has 0 spiro atoms. The lowest BCUT2D eigenvalue weighted by Crippen LogP contribution is -2.14. The molecule has 8 heteroatoms. The van der Waals surface area contributed by atoms with Gasteiger partial charge >= 0.3 is 0 Å². The SMILES string of the molecule is CCOc1ccccc1-c1csc(NC(=O)c2c(Cl)nc3ccccn23)n1. The zero-order valence-electron chi connectivity index (χ0n) is 14.3. The molecule has 1 N–H and O–H groups in total. The minimum Gasteiger partial charge on any atom is -0.493 e. The van der Waals surface area contributed by atoms with Crippen LogP contribution in [0.3, 0.4) is 0 Å². The lowest BCUT2D eigenvalue weighted by molar-refractivity contribution is 0.102. The molecular weight excluding hydrogens is 384 g/mol. The summed E-state index contributed by atoms with van der Waals surface area (Å²) in [6.07, 6.45) is 1.74. The second-order valence-electron chi connectivity index (χ2n) is 5.60. The smallest absolute Gasteiger partial charge is 0.277 e. The highest BCUT2D eigenvalue weighted by atomic mass is 35.5. The van der Waals surface area contributed by atoms with E-state index in [2.05, 4.69) is 15.3 Å². The van der Waals surface area contributed by atoms with Crippen molar-refractivity contribution in [2.24, 2.45) is 0 Å². The fraction of sp³-hybridized carbons (Fsp3) is 0.105. The van der Waals surface area contributed by atoms with Crippen LogP contribution in [0.1, 0.15) is 17.4 Å². The van der Waals surface area contributed by atoms with Crippen molar-refractivity contribution in [1.82, 2.24) is 14.4 Å². The van der Waals surface area contributed by atoms with Gasteiger partial charge in [-0.25, -0.2) is 9.97 Å². The molecule has 3 heterocycles. The number of ether oxygens (including phenoxy) is 1. The van der Waals surface area contributed by atoms with Crippen LogP contribution in [0, 0.1) is 0 Å².